The Kier molecular flexibility index (Phi) is 4.43. The Morgan fingerprint density at radius 2 is 1.87 bits per heavy atom. The molecule has 1 aromatic rings. The summed E-state index contributed by atoms with van der Waals surface area (Å²) in [6, 6.07) is 5.49. The summed E-state index contributed by atoms with van der Waals surface area (Å²) in [6.45, 7) is 2.05. The molecule has 0 spiro atoms. The van der Waals surface area contributed by atoms with E-state index in [0.717, 1.165) is 18.4 Å². The molecule has 1 N–H and O–H groups in total. The number of benzene rings is 1. The van der Waals surface area contributed by atoms with Crippen molar-refractivity contribution in [1.82, 2.24) is 0 Å². The number of rotatable bonds is 5. The highest BCUT2D eigenvalue weighted by Crippen LogP contribution is 2.30. The minimum Gasteiger partial charge on any atom is -0.493 e. The molecule has 1 rings (SSSR count). The van der Waals surface area contributed by atoms with Crippen LogP contribution in [0.5, 0.6) is 11.5 Å². The third-order valence-corrected chi connectivity index (χ3v) is 2.35. The van der Waals surface area contributed by atoms with E-state index in [4.69, 9.17) is 9.47 Å². The molecule has 0 unspecified atom stereocenters. The summed E-state index contributed by atoms with van der Waals surface area (Å²) < 4.78 is 10.3. The molecule has 0 heterocycles. The maximum atomic E-state index is 9.81. The summed E-state index contributed by atoms with van der Waals surface area (Å²) in [4.78, 5) is 0. The number of aliphatic hydroxyl groups excluding tert-OH is 1. The first-order chi connectivity index (χ1) is 7.22. The third-order valence-electron chi connectivity index (χ3n) is 2.35. The van der Waals surface area contributed by atoms with Crippen LogP contribution in [0, 0.1) is 0 Å². The van der Waals surface area contributed by atoms with Gasteiger partial charge in [0, 0.05) is 0 Å². The topological polar surface area (TPSA) is 38.7 Å². The monoisotopic (exact) mass is 210 g/mol. The highest BCUT2D eigenvalue weighted by molar-refractivity contribution is 5.43. The van der Waals surface area contributed by atoms with Crippen molar-refractivity contribution in [3.05, 3.63) is 23.8 Å². The SMILES string of the molecule is CCC[C@@H](O)c1ccc(OC)c(OC)c1. The van der Waals surface area contributed by atoms with Crippen molar-refractivity contribution in [1.29, 1.82) is 0 Å². The lowest BCUT2D eigenvalue weighted by molar-refractivity contribution is 0.166. The van der Waals surface area contributed by atoms with Crippen LogP contribution in [0.1, 0.15) is 31.4 Å². The number of hydrogen-bond acceptors (Lipinski definition) is 3. The summed E-state index contributed by atoms with van der Waals surface area (Å²) in [7, 11) is 3.19. The number of ether oxygens (including phenoxy) is 2. The molecule has 1 atom stereocenters. The average molecular weight is 210 g/mol. The first-order valence-electron chi connectivity index (χ1n) is 5.13. The van der Waals surface area contributed by atoms with Crippen molar-refractivity contribution < 1.29 is 14.6 Å². The van der Waals surface area contributed by atoms with Gasteiger partial charge in [0.15, 0.2) is 11.5 Å². The second-order valence-electron chi connectivity index (χ2n) is 3.42. The first-order valence-corrected chi connectivity index (χ1v) is 5.13. The van der Waals surface area contributed by atoms with Gasteiger partial charge in [-0.05, 0) is 24.1 Å². The van der Waals surface area contributed by atoms with Gasteiger partial charge in [-0.3, -0.25) is 0 Å². The fourth-order valence-corrected chi connectivity index (χ4v) is 1.50. The Hall–Kier alpha value is -1.22. The van der Waals surface area contributed by atoms with Gasteiger partial charge in [-0.2, -0.15) is 0 Å². The predicted octanol–water partition coefficient (Wildman–Crippen LogP) is 2.54. The zero-order valence-electron chi connectivity index (χ0n) is 9.49. The van der Waals surface area contributed by atoms with Crippen LogP contribution < -0.4 is 9.47 Å². The number of hydrogen-bond donors (Lipinski definition) is 1. The van der Waals surface area contributed by atoms with Crippen LogP contribution in [0.3, 0.4) is 0 Å². The molecule has 3 heteroatoms. The van der Waals surface area contributed by atoms with E-state index in [-0.39, 0.29) is 0 Å². The molecule has 0 amide bonds. The highest BCUT2D eigenvalue weighted by atomic mass is 16.5. The normalized spacial score (nSPS) is 12.3. The van der Waals surface area contributed by atoms with Crippen molar-refractivity contribution in [2.24, 2.45) is 0 Å². The van der Waals surface area contributed by atoms with E-state index in [2.05, 4.69) is 0 Å². The maximum absolute atomic E-state index is 9.81. The highest BCUT2D eigenvalue weighted by Gasteiger charge is 2.10. The lowest BCUT2D eigenvalue weighted by Crippen LogP contribution is -1.98. The van der Waals surface area contributed by atoms with E-state index in [1.165, 1.54) is 0 Å². The quantitative estimate of drug-likeness (QED) is 0.811. The molecule has 1 aromatic carbocycles. The molecule has 0 aliphatic rings. The zero-order valence-corrected chi connectivity index (χ0v) is 9.49. The number of aliphatic hydroxyl groups is 1. The second kappa shape index (κ2) is 5.61. The van der Waals surface area contributed by atoms with Crippen LogP contribution in [0.4, 0.5) is 0 Å². The van der Waals surface area contributed by atoms with Crippen LogP contribution in [0.15, 0.2) is 18.2 Å². The van der Waals surface area contributed by atoms with Crippen molar-refractivity contribution in [3.63, 3.8) is 0 Å². The van der Waals surface area contributed by atoms with Gasteiger partial charge in [0.2, 0.25) is 0 Å². The summed E-state index contributed by atoms with van der Waals surface area (Å²) in [6.07, 6.45) is 1.29. The molecule has 0 bridgehead atoms. The summed E-state index contributed by atoms with van der Waals surface area (Å²) in [5.74, 6) is 1.34. The van der Waals surface area contributed by atoms with Gasteiger partial charge in [-0.25, -0.2) is 0 Å². The molecule has 0 saturated carbocycles. The average Bonchev–Trinajstić information content (AvgIpc) is 2.28. The molecule has 0 aromatic heterocycles. The molecule has 84 valence electrons. The van der Waals surface area contributed by atoms with Crippen LogP contribution in [-0.4, -0.2) is 19.3 Å². The molecule has 0 aliphatic carbocycles. The molecule has 15 heavy (non-hydrogen) atoms. The Morgan fingerprint density at radius 1 is 1.20 bits per heavy atom. The number of methoxy groups -OCH3 is 2. The van der Waals surface area contributed by atoms with Crippen molar-refractivity contribution in [2.45, 2.75) is 25.9 Å². The second-order valence-corrected chi connectivity index (χ2v) is 3.42. The summed E-state index contributed by atoms with van der Waals surface area (Å²) in [5.41, 5.74) is 0.870. The summed E-state index contributed by atoms with van der Waals surface area (Å²) >= 11 is 0. The molecule has 0 radical (unpaired) electrons. The van der Waals surface area contributed by atoms with Crippen LogP contribution >= 0.6 is 0 Å². The van der Waals surface area contributed by atoms with E-state index in [0.29, 0.717) is 11.5 Å². The predicted molar refractivity (Wildman–Crippen MR) is 59.4 cm³/mol. The zero-order chi connectivity index (χ0) is 11.3. The maximum Gasteiger partial charge on any atom is 0.161 e. The van der Waals surface area contributed by atoms with Crippen molar-refractivity contribution >= 4 is 0 Å². The molecular weight excluding hydrogens is 192 g/mol. The lowest BCUT2D eigenvalue weighted by Gasteiger charge is -2.13. The molecule has 3 nitrogen and oxygen atoms in total. The summed E-state index contributed by atoms with van der Waals surface area (Å²) in [5, 5.41) is 9.81. The fourth-order valence-electron chi connectivity index (χ4n) is 1.50. The van der Waals surface area contributed by atoms with Crippen molar-refractivity contribution in [3.8, 4) is 11.5 Å². The molecular formula is C12H18O3. The van der Waals surface area contributed by atoms with Gasteiger partial charge in [0.25, 0.3) is 0 Å². The minimum atomic E-state index is -0.421. The standard InChI is InChI=1S/C12H18O3/c1-4-5-10(13)9-6-7-11(14-2)12(8-9)15-3/h6-8,10,13H,4-5H2,1-3H3/t10-/m1/s1. The van der Waals surface area contributed by atoms with Gasteiger partial charge in [-0.1, -0.05) is 19.4 Å². The van der Waals surface area contributed by atoms with Gasteiger partial charge in [0.05, 0.1) is 20.3 Å². The van der Waals surface area contributed by atoms with Crippen molar-refractivity contribution in [2.75, 3.05) is 14.2 Å². The van der Waals surface area contributed by atoms with Crippen LogP contribution in [0.2, 0.25) is 0 Å². The Morgan fingerprint density at radius 3 is 2.40 bits per heavy atom. The lowest BCUT2D eigenvalue weighted by atomic mass is 10.0. The van der Waals surface area contributed by atoms with E-state index in [9.17, 15) is 5.11 Å². The minimum absolute atomic E-state index is 0.421. The molecule has 0 fully saturated rings. The van der Waals surface area contributed by atoms with Crippen LogP contribution in [0.25, 0.3) is 0 Å². The van der Waals surface area contributed by atoms with Gasteiger partial charge < -0.3 is 14.6 Å². The molecule has 0 aliphatic heterocycles. The van der Waals surface area contributed by atoms with Gasteiger partial charge >= 0.3 is 0 Å². The third kappa shape index (κ3) is 2.86. The molecule has 0 saturated heterocycles. The largest absolute Gasteiger partial charge is 0.493 e. The first kappa shape index (κ1) is 11.9. The van der Waals surface area contributed by atoms with E-state index >= 15 is 0 Å². The van der Waals surface area contributed by atoms with Gasteiger partial charge in [-0.15, -0.1) is 0 Å². The Balaban J connectivity index is 2.92. The van der Waals surface area contributed by atoms with Gasteiger partial charge in [0.1, 0.15) is 0 Å². The van der Waals surface area contributed by atoms with E-state index in [1.54, 1.807) is 14.2 Å². The van der Waals surface area contributed by atoms with Crippen LogP contribution in [-0.2, 0) is 0 Å². The smallest absolute Gasteiger partial charge is 0.161 e. The Bertz CT molecular complexity index is 310. The Labute approximate surface area is 90.6 Å². The van der Waals surface area contributed by atoms with E-state index in [1.807, 2.05) is 25.1 Å². The fraction of sp³-hybridized carbons (Fsp3) is 0.500. The van der Waals surface area contributed by atoms with E-state index < -0.39 is 6.10 Å².